The normalized spacial score (nSPS) is 12.1. The van der Waals surface area contributed by atoms with Gasteiger partial charge in [-0.25, -0.2) is 0 Å². The van der Waals surface area contributed by atoms with Gasteiger partial charge in [-0.15, -0.1) is 0 Å². The number of nitrogens with one attached hydrogen (secondary N) is 2. The summed E-state index contributed by atoms with van der Waals surface area (Å²) in [4.78, 5) is 23.2. The molecule has 0 unspecified atom stereocenters. The molecule has 0 saturated carbocycles. The van der Waals surface area contributed by atoms with Gasteiger partial charge >= 0.3 is 0 Å². The third-order valence-electron chi connectivity index (χ3n) is 2.47. The van der Waals surface area contributed by atoms with E-state index in [2.05, 4.69) is 31.4 Å². The maximum absolute atomic E-state index is 11.6. The second-order valence-electron chi connectivity index (χ2n) is 7.80. The van der Waals surface area contributed by atoms with E-state index in [1.807, 2.05) is 32.5 Å². The maximum Gasteiger partial charge on any atom is 0.220 e. The number of hydrogen-bond acceptors (Lipinski definition) is 3. The predicted molar refractivity (Wildman–Crippen MR) is 91.5 cm³/mol. The van der Waals surface area contributed by atoms with E-state index in [0.29, 0.717) is 31.3 Å². The zero-order chi connectivity index (χ0) is 16.5. The van der Waals surface area contributed by atoms with Gasteiger partial charge in [0.05, 0.1) is 0 Å². The van der Waals surface area contributed by atoms with E-state index in [1.165, 1.54) is 0 Å². The van der Waals surface area contributed by atoms with Crippen molar-refractivity contribution in [2.45, 2.75) is 54.4 Å². The molecule has 0 aliphatic carbocycles. The lowest BCUT2D eigenvalue weighted by atomic mass is 9.92. The second-order valence-corrected chi connectivity index (χ2v) is 8.91. The molecule has 0 aromatic carbocycles. The van der Waals surface area contributed by atoms with Crippen LogP contribution in [0.3, 0.4) is 0 Å². The van der Waals surface area contributed by atoms with E-state index < -0.39 is 0 Å². The molecule has 0 aromatic rings. The molecular formula is C16H32N2O2S. The van der Waals surface area contributed by atoms with Gasteiger partial charge in [-0.1, -0.05) is 41.5 Å². The van der Waals surface area contributed by atoms with Gasteiger partial charge in [-0.2, -0.15) is 11.8 Å². The smallest absolute Gasteiger partial charge is 0.220 e. The maximum atomic E-state index is 11.6. The summed E-state index contributed by atoms with van der Waals surface area (Å²) in [7, 11) is 0. The van der Waals surface area contributed by atoms with Crippen molar-refractivity contribution in [2.24, 2.45) is 10.8 Å². The highest BCUT2D eigenvalue weighted by Gasteiger charge is 2.15. The summed E-state index contributed by atoms with van der Waals surface area (Å²) < 4.78 is 0. The van der Waals surface area contributed by atoms with Crippen molar-refractivity contribution in [3.8, 4) is 0 Å². The minimum atomic E-state index is -0.00237. The molecule has 0 aromatic heterocycles. The Labute approximate surface area is 134 Å². The average molecular weight is 317 g/mol. The Morgan fingerprint density at radius 2 is 1.38 bits per heavy atom. The minimum Gasteiger partial charge on any atom is -0.354 e. The molecule has 4 nitrogen and oxygen atoms in total. The first-order valence-electron chi connectivity index (χ1n) is 7.61. The summed E-state index contributed by atoms with van der Waals surface area (Å²) in [6.07, 6.45) is 1.04. The van der Waals surface area contributed by atoms with Gasteiger partial charge in [0.1, 0.15) is 0 Å². The van der Waals surface area contributed by atoms with Crippen LogP contribution in [-0.2, 0) is 9.59 Å². The fourth-order valence-electron chi connectivity index (χ4n) is 1.58. The van der Waals surface area contributed by atoms with Crippen molar-refractivity contribution in [3.05, 3.63) is 0 Å². The standard InChI is InChI=1S/C16H32N2O2S/c1-15(2,3)11-14(20)18-9-8-17-13(19)7-10-21-12-16(4,5)6/h7-12H2,1-6H3,(H,17,19)(H,18,20). The number of rotatable bonds is 8. The first kappa shape index (κ1) is 20.3. The quantitative estimate of drug-likeness (QED) is 0.677. The predicted octanol–water partition coefficient (Wildman–Crippen LogP) is 2.82. The molecule has 0 aliphatic heterocycles. The van der Waals surface area contributed by atoms with E-state index in [9.17, 15) is 9.59 Å². The van der Waals surface area contributed by atoms with Crippen LogP contribution < -0.4 is 10.6 Å². The average Bonchev–Trinajstić information content (AvgIpc) is 2.27. The SMILES string of the molecule is CC(C)(C)CSCCC(=O)NCCNC(=O)CC(C)(C)C. The topological polar surface area (TPSA) is 58.2 Å². The highest BCUT2D eigenvalue weighted by molar-refractivity contribution is 7.99. The van der Waals surface area contributed by atoms with Crippen molar-refractivity contribution < 1.29 is 9.59 Å². The molecular weight excluding hydrogens is 284 g/mol. The zero-order valence-electron chi connectivity index (χ0n) is 14.5. The van der Waals surface area contributed by atoms with Crippen LogP contribution in [-0.4, -0.2) is 36.4 Å². The van der Waals surface area contributed by atoms with Gasteiger partial charge in [0, 0.05) is 31.7 Å². The Balaban J connectivity index is 3.56. The Hall–Kier alpha value is -0.710. The summed E-state index contributed by atoms with van der Waals surface area (Å²) in [5.41, 5.74) is 0.302. The van der Waals surface area contributed by atoms with Gasteiger partial charge in [0.15, 0.2) is 0 Å². The van der Waals surface area contributed by atoms with Gasteiger partial charge in [0.25, 0.3) is 0 Å². The highest BCUT2D eigenvalue weighted by atomic mass is 32.2. The van der Waals surface area contributed by atoms with Crippen LogP contribution in [0.4, 0.5) is 0 Å². The van der Waals surface area contributed by atoms with Gasteiger partial charge in [-0.05, 0) is 16.6 Å². The van der Waals surface area contributed by atoms with Crippen LogP contribution in [0.5, 0.6) is 0 Å². The number of hydrogen-bond donors (Lipinski definition) is 2. The Kier molecular flexibility index (Phi) is 9.02. The minimum absolute atomic E-state index is 0.00237. The number of carbonyl (C=O) groups excluding carboxylic acids is 2. The Morgan fingerprint density at radius 3 is 1.86 bits per heavy atom. The molecule has 0 radical (unpaired) electrons. The summed E-state index contributed by atoms with van der Waals surface area (Å²) in [5, 5.41) is 5.65. The molecule has 2 amide bonds. The van der Waals surface area contributed by atoms with E-state index in [1.54, 1.807) is 0 Å². The highest BCUT2D eigenvalue weighted by Crippen LogP contribution is 2.20. The molecule has 0 spiro atoms. The number of thioether (sulfide) groups is 1. The molecule has 0 saturated heterocycles. The molecule has 0 rings (SSSR count). The summed E-state index contributed by atoms with van der Waals surface area (Å²) >= 11 is 1.81. The Morgan fingerprint density at radius 1 is 0.857 bits per heavy atom. The van der Waals surface area contributed by atoms with Crippen molar-refractivity contribution in [2.75, 3.05) is 24.6 Å². The molecule has 0 atom stereocenters. The fraction of sp³-hybridized carbons (Fsp3) is 0.875. The van der Waals surface area contributed by atoms with Crippen LogP contribution in [0.25, 0.3) is 0 Å². The van der Waals surface area contributed by atoms with Gasteiger partial charge in [0.2, 0.25) is 11.8 Å². The third kappa shape index (κ3) is 15.5. The molecule has 5 heteroatoms. The van der Waals surface area contributed by atoms with Crippen LogP contribution in [0.2, 0.25) is 0 Å². The van der Waals surface area contributed by atoms with Gasteiger partial charge in [-0.3, -0.25) is 9.59 Å². The number of amides is 2. The third-order valence-corrected chi connectivity index (χ3v) is 4.03. The van der Waals surface area contributed by atoms with Crippen LogP contribution in [0.1, 0.15) is 54.4 Å². The van der Waals surface area contributed by atoms with Crippen molar-refractivity contribution in [3.63, 3.8) is 0 Å². The fourth-order valence-corrected chi connectivity index (χ4v) is 2.67. The first-order chi connectivity index (χ1) is 9.49. The van der Waals surface area contributed by atoms with Crippen LogP contribution >= 0.6 is 11.8 Å². The summed E-state index contributed by atoms with van der Waals surface area (Å²) in [5.74, 6) is 2.00. The molecule has 0 aliphatic rings. The van der Waals surface area contributed by atoms with Crippen LogP contribution in [0.15, 0.2) is 0 Å². The largest absolute Gasteiger partial charge is 0.354 e. The monoisotopic (exact) mass is 316 g/mol. The van der Waals surface area contributed by atoms with Gasteiger partial charge < -0.3 is 10.6 Å². The number of carbonyl (C=O) groups is 2. The molecule has 21 heavy (non-hydrogen) atoms. The van der Waals surface area contributed by atoms with E-state index in [-0.39, 0.29) is 17.2 Å². The van der Waals surface area contributed by atoms with E-state index in [0.717, 1.165) is 11.5 Å². The van der Waals surface area contributed by atoms with Crippen molar-refractivity contribution in [1.29, 1.82) is 0 Å². The first-order valence-corrected chi connectivity index (χ1v) is 8.76. The van der Waals surface area contributed by atoms with Crippen molar-refractivity contribution in [1.82, 2.24) is 10.6 Å². The Bertz CT molecular complexity index is 330. The molecule has 0 bridgehead atoms. The van der Waals surface area contributed by atoms with Crippen LogP contribution in [0, 0.1) is 10.8 Å². The summed E-state index contributed by atoms with van der Waals surface area (Å²) in [6.45, 7) is 13.7. The lowest BCUT2D eigenvalue weighted by molar-refractivity contribution is -0.123. The molecule has 0 heterocycles. The molecule has 124 valence electrons. The summed E-state index contributed by atoms with van der Waals surface area (Å²) in [6, 6.07) is 0. The van der Waals surface area contributed by atoms with E-state index in [4.69, 9.17) is 0 Å². The lowest BCUT2D eigenvalue weighted by Gasteiger charge is -2.17. The second kappa shape index (κ2) is 9.34. The molecule has 0 fully saturated rings. The molecule has 2 N–H and O–H groups in total. The van der Waals surface area contributed by atoms with Crippen molar-refractivity contribution >= 4 is 23.6 Å². The van der Waals surface area contributed by atoms with E-state index >= 15 is 0 Å². The lowest BCUT2D eigenvalue weighted by Crippen LogP contribution is -2.36. The zero-order valence-corrected chi connectivity index (χ0v) is 15.3.